The molecular formula is C18H23N3O2. The minimum atomic E-state index is -0.0793. The van der Waals surface area contributed by atoms with Crippen LogP contribution in [0.25, 0.3) is 10.9 Å². The highest BCUT2D eigenvalue weighted by Gasteiger charge is 2.32. The Hall–Kier alpha value is -2.17. The van der Waals surface area contributed by atoms with Gasteiger partial charge in [0.05, 0.1) is 17.2 Å². The predicted octanol–water partition coefficient (Wildman–Crippen LogP) is 2.35. The summed E-state index contributed by atoms with van der Waals surface area (Å²) < 4.78 is 1.54. The van der Waals surface area contributed by atoms with E-state index >= 15 is 0 Å². The van der Waals surface area contributed by atoms with Gasteiger partial charge in [-0.1, -0.05) is 12.1 Å². The molecule has 1 aliphatic rings. The Balaban J connectivity index is 1.73. The van der Waals surface area contributed by atoms with Gasteiger partial charge >= 0.3 is 0 Å². The molecule has 0 radical (unpaired) electrons. The number of aryl methyl sites for hydroxylation is 2. The highest BCUT2D eigenvalue weighted by atomic mass is 16.2. The third kappa shape index (κ3) is 3.14. The van der Waals surface area contributed by atoms with Gasteiger partial charge in [0.15, 0.2) is 0 Å². The van der Waals surface area contributed by atoms with E-state index in [0.717, 1.165) is 11.1 Å². The first-order valence-electron chi connectivity index (χ1n) is 8.19. The van der Waals surface area contributed by atoms with E-state index in [2.05, 4.69) is 11.9 Å². The third-order valence-electron chi connectivity index (χ3n) is 4.93. The Morgan fingerprint density at radius 1 is 1.43 bits per heavy atom. The molecule has 0 spiro atoms. The second kappa shape index (κ2) is 6.14. The lowest BCUT2D eigenvalue weighted by Crippen LogP contribution is -2.37. The molecule has 0 N–H and O–H groups in total. The van der Waals surface area contributed by atoms with Crippen LogP contribution in [0.2, 0.25) is 0 Å². The minimum absolute atomic E-state index is 0.0793. The highest BCUT2D eigenvalue weighted by molar-refractivity contribution is 5.80. The van der Waals surface area contributed by atoms with Gasteiger partial charge in [-0.3, -0.25) is 14.2 Å². The maximum absolute atomic E-state index is 12.5. The van der Waals surface area contributed by atoms with Crippen LogP contribution in [0.4, 0.5) is 0 Å². The fourth-order valence-corrected chi connectivity index (χ4v) is 3.01. The van der Waals surface area contributed by atoms with Crippen molar-refractivity contribution in [3.8, 4) is 0 Å². The van der Waals surface area contributed by atoms with Crippen LogP contribution < -0.4 is 5.56 Å². The zero-order valence-electron chi connectivity index (χ0n) is 14.0. The van der Waals surface area contributed by atoms with Crippen LogP contribution in [0.15, 0.2) is 29.3 Å². The number of para-hydroxylation sites is 1. The molecule has 1 heterocycles. The van der Waals surface area contributed by atoms with Crippen molar-refractivity contribution >= 4 is 16.8 Å². The Labute approximate surface area is 135 Å². The molecule has 1 amide bonds. The van der Waals surface area contributed by atoms with Gasteiger partial charge in [-0.2, -0.15) is 0 Å². The molecule has 1 saturated carbocycles. The Bertz CT molecular complexity index is 792. The zero-order valence-corrected chi connectivity index (χ0v) is 14.0. The molecule has 1 aliphatic carbocycles. The highest BCUT2D eigenvalue weighted by Crippen LogP contribution is 2.34. The van der Waals surface area contributed by atoms with Gasteiger partial charge < -0.3 is 4.90 Å². The van der Waals surface area contributed by atoms with Crippen molar-refractivity contribution in [2.24, 2.45) is 5.92 Å². The van der Waals surface area contributed by atoms with Crippen molar-refractivity contribution in [1.82, 2.24) is 14.5 Å². The summed E-state index contributed by atoms with van der Waals surface area (Å²) in [7, 11) is 1.86. The minimum Gasteiger partial charge on any atom is -0.343 e. The van der Waals surface area contributed by atoms with Gasteiger partial charge in [-0.05, 0) is 44.2 Å². The molecular weight excluding hydrogens is 290 g/mol. The first-order valence-corrected chi connectivity index (χ1v) is 8.19. The number of nitrogens with zero attached hydrogens (tertiary/aromatic N) is 3. The Morgan fingerprint density at radius 3 is 2.87 bits per heavy atom. The summed E-state index contributed by atoms with van der Waals surface area (Å²) >= 11 is 0. The maximum Gasteiger partial charge on any atom is 0.261 e. The second-order valence-electron chi connectivity index (χ2n) is 6.55. The summed E-state index contributed by atoms with van der Waals surface area (Å²) in [5.41, 5.74) is 1.64. The van der Waals surface area contributed by atoms with Crippen LogP contribution in [-0.4, -0.2) is 33.4 Å². The molecule has 0 saturated heterocycles. The van der Waals surface area contributed by atoms with E-state index in [4.69, 9.17) is 0 Å². The lowest BCUT2D eigenvalue weighted by Gasteiger charge is -2.25. The second-order valence-corrected chi connectivity index (χ2v) is 6.55. The topological polar surface area (TPSA) is 55.2 Å². The van der Waals surface area contributed by atoms with Crippen LogP contribution in [0, 0.1) is 12.8 Å². The van der Waals surface area contributed by atoms with E-state index in [9.17, 15) is 9.59 Å². The van der Waals surface area contributed by atoms with E-state index in [-0.39, 0.29) is 17.5 Å². The first-order chi connectivity index (χ1) is 11.0. The number of fused-ring (bicyclic) bond motifs is 1. The van der Waals surface area contributed by atoms with Gasteiger partial charge in [-0.15, -0.1) is 0 Å². The van der Waals surface area contributed by atoms with Gasteiger partial charge in [0.2, 0.25) is 5.91 Å². The molecule has 0 bridgehead atoms. The molecule has 1 aromatic carbocycles. The van der Waals surface area contributed by atoms with E-state index < -0.39 is 0 Å². The van der Waals surface area contributed by atoms with Crippen molar-refractivity contribution in [3.63, 3.8) is 0 Å². The van der Waals surface area contributed by atoms with Crippen LogP contribution in [-0.2, 0) is 11.3 Å². The number of aromatic nitrogens is 2. The fourth-order valence-electron chi connectivity index (χ4n) is 3.01. The van der Waals surface area contributed by atoms with Crippen molar-refractivity contribution < 1.29 is 4.79 Å². The molecule has 122 valence electrons. The summed E-state index contributed by atoms with van der Waals surface area (Å²) in [5.74, 6) is 0.734. The van der Waals surface area contributed by atoms with E-state index in [1.54, 1.807) is 12.4 Å². The largest absolute Gasteiger partial charge is 0.343 e. The van der Waals surface area contributed by atoms with Gasteiger partial charge in [0, 0.05) is 26.1 Å². The maximum atomic E-state index is 12.5. The lowest BCUT2D eigenvalue weighted by atomic mass is 10.1. The molecule has 1 aromatic heterocycles. The van der Waals surface area contributed by atoms with Crippen molar-refractivity contribution in [3.05, 3.63) is 40.4 Å². The van der Waals surface area contributed by atoms with Crippen molar-refractivity contribution in [2.45, 2.75) is 45.7 Å². The number of amides is 1. The van der Waals surface area contributed by atoms with Gasteiger partial charge in [-0.25, -0.2) is 4.98 Å². The lowest BCUT2D eigenvalue weighted by molar-refractivity contribution is -0.132. The van der Waals surface area contributed by atoms with Crippen LogP contribution in [0.3, 0.4) is 0 Å². The Morgan fingerprint density at radius 2 is 2.17 bits per heavy atom. The first kappa shape index (κ1) is 15.7. The summed E-state index contributed by atoms with van der Waals surface area (Å²) in [6.07, 6.45) is 4.31. The zero-order chi connectivity index (χ0) is 16.6. The molecule has 3 rings (SSSR count). The van der Waals surface area contributed by atoms with Gasteiger partial charge in [0.25, 0.3) is 5.56 Å². The third-order valence-corrected chi connectivity index (χ3v) is 4.93. The SMILES string of the molecule is Cc1cccc2c(=O)n(CCC(=O)N(C)C(C)C3CC3)cnc12. The predicted molar refractivity (Wildman–Crippen MR) is 90.3 cm³/mol. The molecule has 2 aromatic rings. The van der Waals surface area contributed by atoms with Crippen LogP contribution in [0.1, 0.15) is 31.7 Å². The quantitative estimate of drug-likeness (QED) is 0.851. The normalized spacial score (nSPS) is 15.6. The number of benzene rings is 1. The smallest absolute Gasteiger partial charge is 0.261 e. The van der Waals surface area contributed by atoms with Crippen LogP contribution in [0.5, 0.6) is 0 Å². The molecule has 1 fully saturated rings. The Kier molecular flexibility index (Phi) is 4.20. The average molecular weight is 313 g/mol. The van der Waals surface area contributed by atoms with E-state index in [1.165, 1.54) is 17.4 Å². The summed E-state index contributed by atoms with van der Waals surface area (Å²) in [6, 6.07) is 5.88. The molecule has 23 heavy (non-hydrogen) atoms. The summed E-state index contributed by atoms with van der Waals surface area (Å²) in [4.78, 5) is 31.0. The number of hydrogen-bond donors (Lipinski definition) is 0. The number of hydrogen-bond acceptors (Lipinski definition) is 3. The average Bonchev–Trinajstić information content (AvgIpc) is 3.38. The van der Waals surface area contributed by atoms with Crippen LogP contribution >= 0.6 is 0 Å². The monoisotopic (exact) mass is 313 g/mol. The molecule has 5 heteroatoms. The fraction of sp³-hybridized carbons (Fsp3) is 0.500. The number of rotatable bonds is 5. The molecule has 0 aliphatic heterocycles. The molecule has 1 atom stereocenters. The van der Waals surface area contributed by atoms with Crippen molar-refractivity contribution in [1.29, 1.82) is 0 Å². The van der Waals surface area contributed by atoms with Gasteiger partial charge in [0.1, 0.15) is 0 Å². The van der Waals surface area contributed by atoms with E-state index in [0.29, 0.717) is 24.3 Å². The standard InChI is InChI=1S/C18H23N3O2/c1-12-5-4-6-15-17(12)19-11-21(18(15)23)10-9-16(22)20(3)13(2)14-7-8-14/h4-6,11,13-14H,7-10H2,1-3H3. The summed E-state index contributed by atoms with van der Waals surface area (Å²) in [6.45, 7) is 4.41. The molecule has 5 nitrogen and oxygen atoms in total. The summed E-state index contributed by atoms with van der Waals surface area (Å²) in [5, 5.41) is 0.611. The van der Waals surface area contributed by atoms with Crippen molar-refractivity contribution in [2.75, 3.05) is 7.05 Å². The van der Waals surface area contributed by atoms with E-state index in [1.807, 2.05) is 31.0 Å². The number of carbonyl (C=O) groups is 1. The molecule has 1 unspecified atom stereocenters. The number of carbonyl (C=O) groups excluding carboxylic acids is 1.